The molecule has 1 aliphatic heterocycles. The first-order valence-electron chi connectivity index (χ1n) is 7.68. The van der Waals surface area contributed by atoms with Crippen LogP contribution >= 0.6 is 0 Å². The van der Waals surface area contributed by atoms with Crippen LogP contribution in [0.15, 0.2) is 34.9 Å². The molecule has 126 valence electrons. The number of hydrogen-bond acceptors (Lipinski definition) is 6. The smallest absolute Gasteiger partial charge is 0.247 e. The maximum atomic E-state index is 12.6. The number of carbonyl (C=O) groups is 1. The van der Waals surface area contributed by atoms with Crippen molar-refractivity contribution in [1.29, 1.82) is 0 Å². The summed E-state index contributed by atoms with van der Waals surface area (Å²) in [5, 5.41) is 3.91. The second kappa shape index (κ2) is 7.27. The highest BCUT2D eigenvalue weighted by Gasteiger charge is 2.30. The Hall–Kier alpha value is -2.67. The molecule has 1 amide bonds. The first-order chi connectivity index (χ1) is 11.7. The molecule has 0 aliphatic carbocycles. The van der Waals surface area contributed by atoms with Gasteiger partial charge in [0.05, 0.1) is 20.3 Å². The van der Waals surface area contributed by atoms with Gasteiger partial charge in [0.15, 0.2) is 5.82 Å². The van der Waals surface area contributed by atoms with Gasteiger partial charge < -0.3 is 18.9 Å². The van der Waals surface area contributed by atoms with E-state index in [9.17, 15) is 4.79 Å². The SMILES string of the molecule is COc1cccc(C=CC(=O)N2CCOCC2c2noc(C)n2)c1. The normalized spacial score (nSPS) is 18.1. The van der Waals surface area contributed by atoms with Gasteiger partial charge in [-0.2, -0.15) is 4.98 Å². The average Bonchev–Trinajstić information content (AvgIpc) is 3.06. The van der Waals surface area contributed by atoms with E-state index in [0.717, 1.165) is 11.3 Å². The molecule has 7 nitrogen and oxygen atoms in total. The van der Waals surface area contributed by atoms with E-state index in [1.807, 2.05) is 24.3 Å². The number of amides is 1. The fourth-order valence-corrected chi connectivity index (χ4v) is 2.54. The Balaban J connectivity index is 1.75. The minimum Gasteiger partial charge on any atom is -0.497 e. The summed E-state index contributed by atoms with van der Waals surface area (Å²) in [5.74, 6) is 1.56. The van der Waals surface area contributed by atoms with Crippen molar-refractivity contribution in [3.8, 4) is 5.75 Å². The number of hydrogen-bond donors (Lipinski definition) is 0. The van der Waals surface area contributed by atoms with E-state index in [4.69, 9.17) is 14.0 Å². The number of benzene rings is 1. The van der Waals surface area contributed by atoms with Crippen molar-refractivity contribution in [3.63, 3.8) is 0 Å². The summed E-state index contributed by atoms with van der Waals surface area (Å²) in [6.07, 6.45) is 3.30. The summed E-state index contributed by atoms with van der Waals surface area (Å²) in [6.45, 7) is 3.05. The zero-order chi connectivity index (χ0) is 16.9. The molecular weight excluding hydrogens is 310 g/mol. The van der Waals surface area contributed by atoms with Gasteiger partial charge in [-0.1, -0.05) is 17.3 Å². The molecule has 24 heavy (non-hydrogen) atoms. The van der Waals surface area contributed by atoms with Crippen molar-refractivity contribution < 1.29 is 18.8 Å². The number of aromatic nitrogens is 2. The van der Waals surface area contributed by atoms with Crippen LogP contribution in [0.1, 0.15) is 23.3 Å². The Bertz CT molecular complexity index is 741. The minimum atomic E-state index is -0.335. The number of nitrogens with zero attached hydrogens (tertiary/aromatic N) is 3. The lowest BCUT2D eigenvalue weighted by molar-refractivity contribution is -0.135. The van der Waals surface area contributed by atoms with Gasteiger partial charge in [-0.15, -0.1) is 0 Å². The number of carbonyl (C=O) groups excluding carboxylic acids is 1. The molecule has 7 heteroatoms. The second-order valence-electron chi connectivity index (χ2n) is 5.40. The Labute approximate surface area is 139 Å². The van der Waals surface area contributed by atoms with Gasteiger partial charge in [0, 0.05) is 19.5 Å². The van der Waals surface area contributed by atoms with E-state index in [-0.39, 0.29) is 11.9 Å². The highest BCUT2D eigenvalue weighted by atomic mass is 16.5. The van der Waals surface area contributed by atoms with Crippen LogP contribution < -0.4 is 4.74 Å². The predicted octanol–water partition coefficient (Wildman–Crippen LogP) is 2.00. The first-order valence-corrected chi connectivity index (χ1v) is 7.68. The average molecular weight is 329 g/mol. The molecule has 2 aromatic rings. The summed E-state index contributed by atoms with van der Waals surface area (Å²) in [6, 6.07) is 7.17. The number of aryl methyl sites for hydroxylation is 1. The molecule has 0 spiro atoms. The molecular formula is C17H19N3O4. The van der Waals surface area contributed by atoms with Crippen LogP contribution in [-0.4, -0.2) is 47.8 Å². The third-order valence-electron chi connectivity index (χ3n) is 3.77. The summed E-state index contributed by atoms with van der Waals surface area (Å²) in [4.78, 5) is 18.5. The van der Waals surface area contributed by atoms with Gasteiger partial charge in [0.2, 0.25) is 11.8 Å². The van der Waals surface area contributed by atoms with E-state index in [2.05, 4.69) is 10.1 Å². The molecule has 1 aliphatic rings. The molecule has 0 radical (unpaired) electrons. The van der Waals surface area contributed by atoms with Crippen molar-refractivity contribution in [2.45, 2.75) is 13.0 Å². The molecule has 0 bridgehead atoms. The van der Waals surface area contributed by atoms with Gasteiger partial charge in [0.25, 0.3) is 0 Å². The van der Waals surface area contributed by atoms with Gasteiger partial charge >= 0.3 is 0 Å². The fourth-order valence-electron chi connectivity index (χ4n) is 2.54. The predicted molar refractivity (Wildman–Crippen MR) is 86.3 cm³/mol. The van der Waals surface area contributed by atoms with E-state index in [0.29, 0.717) is 31.5 Å². The van der Waals surface area contributed by atoms with Crippen molar-refractivity contribution in [1.82, 2.24) is 15.0 Å². The third-order valence-corrected chi connectivity index (χ3v) is 3.77. The van der Waals surface area contributed by atoms with Crippen LogP contribution in [-0.2, 0) is 9.53 Å². The molecule has 1 atom stereocenters. The first kappa shape index (κ1) is 16.2. The van der Waals surface area contributed by atoms with Crippen LogP contribution in [0.4, 0.5) is 0 Å². The quantitative estimate of drug-likeness (QED) is 0.799. The number of methoxy groups -OCH3 is 1. The van der Waals surface area contributed by atoms with Gasteiger partial charge in [-0.25, -0.2) is 0 Å². The topological polar surface area (TPSA) is 77.7 Å². The lowest BCUT2D eigenvalue weighted by atomic mass is 10.1. The van der Waals surface area contributed by atoms with E-state index in [1.54, 1.807) is 31.1 Å². The Morgan fingerprint density at radius 1 is 1.46 bits per heavy atom. The number of morpholine rings is 1. The van der Waals surface area contributed by atoms with Crippen molar-refractivity contribution in [2.75, 3.05) is 26.9 Å². The lowest BCUT2D eigenvalue weighted by Gasteiger charge is -2.32. The van der Waals surface area contributed by atoms with Crippen LogP contribution in [0, 0.1) is 6.92 Å². The summed E-state index contributed by atoms with van der Waals surface area (Å²) < 4.78 is 15.7. The van der Waals surface area contributed by atoms with E-state index >= 15 is 0 Å². The fraction of sp³-hybridized carbons (Fsp3) is 0.353. The molecule has 0 N–H and O–H groups in total. The molecule has 1 unspecified atom stereocenters. The lowest BCUT2D eigenvalue weighted by Crippen LogP contribution is -2.43. The highest BCUT2D eigenvalue weighted by Crippen LogP contribution is 2.22. The Morgan fingerprint density at radius 2 is 2.33 bits per heavy atom. The molecule has 3 rings (SSSR count). The zero-order valence-electron chi connectivity index (χ0n) is 13.6. The zero-order valence-corrected chi connectivity index (χ0v) is 13.6. The van der Waals surface area contributed by atoms with Crippen molar-refractivity contribution in [3.05, 3.63) is 47.6 Å². The van der Waals surface area contributed by atoms with E-state index in [1.165, 1.54) is 0 Å². The Kier molecular flexibility index (Phi) is 4.90. The van der Waals surface area contributed by atoms with E-state index < -0.39 is 0 Å². The maximum absolute atomic E-state index is 12.6. The second-order valence-corrected chi connectivity index (χ2v) is 5.40. The minimum absolute atomic E-state index is 0.117. The molecule has 0 saturated carbocycles. The van der Waals surface area contributed by atoms with Crippen LogP contribution in [0.25, 0.3) is 6.08 Å². The largest absolute Gasteiger partial charge is 0.497 e. The van der Waals surface area contributed by atoms with Crippen molar-refractivity contribution >= 4 is 12.0 Å². The molecule has 2 heterocycles. The number of ether oxygens (including phenoxy) is 2. The van der Waals surface area contributed by atoms with Crippen molar-refractivity contribution in [2.24, 2.45) is 0 Å². The molecule has 1 saturated heterocycles. The number of rotatable bonds is 4. The van der Waals surface area contributed by atoms with Crippen LogP contribution in [0.5, 0.6) is 5.75 Å². The van der Waals surface area contributed by atoms with Gasteiger partial charge in [0.1, 0.15) is 11.8 Å². The standard InChI is InChI=1S/C17H19N3O4/c1-12-18-17(19-24-12)15-11-23-9-8-20(15)16(21)7-6-13-4-3-5-14(10-13)22-2/h3-7,10,15H,8-9,11H2,1-2H3. The highest BCUT2D eigenvalue weighted by molar-refractivity contribution is 5.92. The molecule has 1 aromatic carbocycles. The van der Waals surface area contributed by atoms with Gasteiger partial charge in [-0.05, 0) is 23.8 Å². The van der Waals surface area contributed by atoms with Crippen LogP contribution in [0.3, 0.4) is 0 Å². The van der Waals surface area contributed by atoms with Gasteiger partial charge in [-0.3, -0.25) is 4.79 Å². The summed E-state index contributed by atoms with van der Waals surface area (Å²) in [5.41, 5.74) is 0.892. The molecule has 1 fully saturated rings. The summed E-state index contributed by atoms with van der Waals surface area (Å²) in [7, 11) is 1.61. The molecule has 1 aromatic heterocycles. The third kappa shape index (κ3) is 3.62. The van der Waals surface area contributed by atoms with Crippen LogP contribution in [0.2, 0.25) is 0 Å². The monoisotopic (exact) mass is 329 g/mol. The maximum Gasteiger partial charge on any atom is 0.247 e. The summed E-state index contributed by atoms with van der Waals surface area (Å²) >= 11 is 0. The Morgan fingerprint density at radius 3 is 3.08 bits per heavy atom.